The van der Waals surface area contributed by atoms with E-state index in [1.165, 1.54) is 0 Å². The number of hydrogen-bond acceptors (Lipinski definition) is 6. The van der Waals surface area contributed by atoms with Gasteiger partial charge in [-0.2, -0.15) is 23.4 Å². The van der Waals surface area contributed by atoms with Crippen LogP contribution in [0.15, 0.2) is 24.3 Å². The molecular weight excluding hydrogens is 327 g/mol. The molecule has 0 amide bonds. The van der Waals surface area contributed by atoms with Gasteiger partial charge in [-0.3, -0.25) is 4.55 Å². The molecule has 2 aromatic rings. The van der Waals surface area contributed by atoms with E-state index in [1.54, 1.807) is 24.3 Å². The molecule has 1 aromatic heterocycles. The van der Waals surface area contributed by atoms with Crippen LogP contribution in [0, 0.1) is 0 Å². The van der Waals surface area contributed by atoms with Crippen molar-refractivity contribution in [2.75, 3.05) is 5.32 Å². The minimum Gasteiger partial charge on any atom is -0.324 e. The van der Waals surface area contributed by atoms with Gasteiger partial charge in [0.05, 0.1) is 0 Å². The first-order chi connectivity index (χ1) is 9.32. The monoisotopic (exact) mass is 334 g/mol. The smallest absolute Gasteiger partial charge is 0.269 e. The zero-order valence-electron chi connectivity index (χ0n) is 9.79. The Balaban J connectivity index is 2.14. The molecule has 1 heterocycles. The molecule has 7 nitrogen and oxygen atoms in total. The predicted molar refractivity (Wildman–Crippen MR) is 74.8 cm³/mol. The average molecular weight is 335 g/mol. The summed E-state index contributed by atoms with van der Waals surface area (Å²) >= 11 is 11.3. The summed E-state index contributed by atoms with van der Waals surface area (Å²) in [7, 11) is -4.05. The van der Waals surface area contributed by atoms with E-state index < -0.39 is 15.9 Å². The molecule has 0 saturated carbocycles. The van der Waals surface area contributed by atoms with Crippen LogP contribution in [0.4, 0.5) is 11.6 Å². The van der Waals surface area contributed by atoms with Gasteiger partial charge in [-0.05, 0) is 40.9 Å². The zero-order valence-corrected chi connectivity index (χ0v) is 12.1. The second-order valence-corrected chi connectivity index (χ2v) is 5.87. The highest BCUT2D eigenvalue weighted by molar-refractivity contribution is 7.85. The number of anilines is 2. The third-order valence-electron chi connectivity index (χ3n) is 2.14. The fraction of sp³-hybridized carbons (Fsp3) is 0.100. The van der Waals surface area contributed by atoms with Crippen LogP contribution in [0.2, 0.25) is 10.6 Å². The Bertz CT molecular complexity index is 702. The van der Waals surface area contributed by atoms with E-state index in [0.29, 0.717) is 11.3 Å². The van der Waals surface area contributed by atoms with Crippen LogP contribution in [0.1, 0.15) is 5.56 Å². The van der Waals surface area contributed by atoms with Gasteiger partial charge in [0, 0.05) is 5.69 Å². The summed E-state index contributed by atoms with van der Waals surface area (Å²) in [6.07, 6.45) is 0. The largest absolute Gasteiger partial charge is 0.324 e. The van der Waals surface area contributed by atoms with E-state index in [0.717, 1.165) is 0 Å². The van der Waals surface area contributed by atoms with Crippen LogP contribution in [0.25, 0.3) is 0 Å². The highest BCUT2D eigenvalue weighted by atomic mass is 35.5. The Morgan fingerprint density at radius 2 is 1.60 bits per heavy atom. The summed E-state index contributed by atoms with van der Waals surface area (Å²) in [4.78, 5) is 11.3. The maximum Gasteiger partial charge on any atom is 0.269 e. The molecule has 106 valence electrons. The van der Waals surface area contributed by atoms with Crippen LogP contribution in [0.3, 0.4) is 0 Å². The second kappa shape index (κ2) is 5.88. The Morgan fingerprint density at radius 1 is 1.05 bits per heavy atom. The molecule has 0 bridgehead atoms. The molecule has 0 unspecified atom stereocenters. The lowest BCUT2D eigenvalue weighted by Crippen LogP contribution is -2.02. The van der Waals surface area contributed by atoms with Crippen molar-refractivity contribution >= 4 is 45.0 Å². The predicted octanol–water partition coefficient (Wildman–Crippen LogP) is 2.31. The lowest BCUT2D eigenvalue weighted by Gasteiger charge is -2.06. The van der Waals surface area contributed by atoms with Gasteiger partial charge >= 0.3 is 0 Å². The van der Waals surface area contributed by atoms with Crippen LogP contribution in [0.5, 0.6) is 0 Å². The van der Waals surface area contributed by atoms with Gasteiger partial charge in [0.2, 0.25) is 16.5 Å². The molecular formula is C10H8Cl2N4O3S. The van der Waals surface area contributed by atoms with Crippen molar-refractivity contribution in [2.45, 2.75) is 5.75 Å². The molecule has 0 spiro atoms. The average Bonchev–Trinajstić information content (AvgIpc) is 2.28. The fourth-order valence-electron chi connectivity index (χ4n) is 1.41. The number of rotatable bonds is 4. The van der Waals surface area contributed by atoms with E-state index in [1.807, 2.05) is 0 Å². The number of hydrogen-bond donors (Lipinski definition) is 2. The molecule has 20 heavy (non-hydrogen) atoms. The van der Waals surface area contributed by atoms with Gasteiger partial charge in [0.15, 0.2) is 0 Å². The first-order valence-corrected chi connectivity index (χ1v) is 7.56. The highest BCUT2D eigenvalue weighted by Crippen LogP contribution is 2.17. The quantitative estimate of drug-likeness (QED) is 0.826. The highest BCUT2D eigenvalue weighted by Gasteiger charge is 2.07. The number of benzene rings is 1. The minimum absolute atomic E-state index is 0.0458. The number of nitrogens with one attached hydrogen (secondary N) is 1. The molecule has 0 fully saturated rings. The van der Waals surface area contributed by atoms with E-state index in [9.17, 15) is 8.42 Å². The molecule has 0 aliphatic carbocycles. The molecule has 0 saturated heterocycles. The van der Waals surface area contributed by atoms with Gasteiger partial charge in [0.25, 0.3) is 10.1 Å². The SMILES string of the molecule is O=S(=O)(O)Cc1ccc(Nc2nc(Cl)nc(Cl)n2)cc1. The molecule has 10 heteroatoms. The van der Waals surface area contributed by atoms with E-state index in [2.05, 4.69) is 20.3 Å². The molecule has 0 aliphatic heterocycles. The Kier molecular flexibility index (Phi) is 4.39. The fourth-order valence-corrected chi connectivity index (χ4v) is 2.38. The third kappa shape index (κ3) is 4.57. The van der Waals surface area contributed by atoms with Crippen molar-refractivity contribution in [3.8, 4) is 0 Å². The zero-order chi connectivity index (χ0) is 14.8. The Morgan fingerprint density at radius 3 is 2.10 bits per heavy atom. The van der Waals surface area contributed by atoms with Crippen molar-refractivity contribution in [3.05, 3.63) is 40.4 Å². The van der Waals surface area contributed by atoms with Crippen molar-refractivity contribution in [1.29, 1.82) is 0 Å². The van der Waals surface area contributed by atoms with Gasteiger partial charge in [-0.25, -0.2) is 0 Å². The van der Waals surface area contributed by atoms with Gasteiger partial charge < -0.3 is 5.32 Å². The summed E-state index contributed by atoms with van der Waals surface area (Å²) in [6.45, 7) is 0. The molecule has 2 N–H and O–H groups in total. The third-order valence-corrected chi connectivity index (χ3v) is 3.18. The number of nitrogens with zero attached hydrogens (tertiary/aromatic N) is 3. The van der Waals surface area contributed by atoms with E-state index >= 15 is 0 Å². The lowest BCUT2D eigenvalue weighted by atomic mass is 10.2. The van der Waals surface area contributed by atoms with Crippen LogP contribution in [-0.2, 0) is 15.9 Å². The summed E-state index contributed by atoms with van der Waals surface area (Å²) < 4.78 is 30.2. The van der Waals surface area contributed by atoms with E-state index in [-0.39, 0.29) is 16.5 Å². The van der Waals surface area contributed by atoms with Crippen molar-refractivity contribution in [2.24, 2.45) is 0 Å². The summed E-state index contributed by atoms with van der Waals surface area (Å²) in [6, 6.07) is 6.29. The van der Waals surface area contributed by atoms with Crippen LogP contribution in [-0.4, -0.2) is 27.9 Å². The molecule has 0 atom stereocenters. The summed E-state index contributed by atoms with van der Waals surface area (Å²) in [5, 5.41) is 2.74. The van der Waals surface area contributed by atoms with E-state index in [4.69, 9.17) is 27.8 Å². The van der Waals surface area contributed by atoms with Crippen molar-refractivity contribution < 1.29 is 13.0 Å². The first-order valence-electron chi connectivity index (χ1n) is 5.20. The number of aromatic nitrogens is 3. The molecule has 0 aliphatic rings. The standard InChI is InChI=1S/C10H8Cl2N4O3S/c11-8-14-9(12)16-10(15-8)13-7-3-1-6(2-4-7)5-20(17,18)19/h1-4H,5H2,(H,17,18,19)(H,13,14,15,16). The maximum absolute atomic E-state index is 10.7. The second-order valence-electron chi connectivity index (χ2n) is 3.75. The van der Waals surface area contributed by atoms with Crippen molar-refractivity contribution in [3.63, 3.8) is 0 Å². The molecule has 1 aromatic carbocycles. The summed E-state index contributed by atoms with van der Waals surface area (Å²) in [5.41, 5.74) is 1.05. The van der Waals surface area contributed by atoms with Gasteiger partial charge in [0.1, 0.15) is 5.75 Å². The van der Waals surface area contributed by atoms with Crippen molar-refractivity contribution in [1.82, 2.24) is 15.0 Å². The Hall–Kier alpha value is -1.48. The van der Waals surface area contributed by atoms with Crippen LogP contribution < -0.4 is 5.32 Å². The Labute approximate surface area is 124 Å². The van der Waals surface area contributed by atoms with Gasteiger partial charge in [-0.15, -0.1) is 0 Å². The van der Waals surface area contributed by atoms with Gasteiger partial charge in [-0.1, -0.05) is 12.1 Å². The molecule has 2 rings (SSSR count). The summed E-state index contributed by atoms with van der Waals surface area (Å²) in [5.74, 6) is -0.283. The minimum atomic E-state index is -4.05. The normalized spacial score (nSPS) is 11.3. The number of halogens is 2. The molecule has 0 radical (unpaired) electrons. The maximum atomic E-state index is 10.7. The first kappa shape index (κ1) is 14.9. The topological polar surface area (TPSA) is 105 Å². The lowest BCUT2D eigenvalue weighted by molar-refractivity contribution is 0.482. The van der Waals surface area contributed by atoms with Crippen LogP contribution >= 0.6 is 23.2 Å².